The molecule has 0 aromatic carbocycles. The average Bonchev–Trinajstić information content (AvgIpc) is 3.18. The summed E-state index contributed by atoms with van der Waals surface area (Å²) in [5.74, 6) is 2.69. The third-order valence-corrected chi connectivity index (χ3v) is 13.2. The third kappa shape index (κ3) is 5.60. The van der Waals surface area contributed by atoms with Crippen LogP contribution in [0.25, 0.3) is 0 Å². The summed E-state index contributed by atoms with van der Waals surface area (Å²) >= 11 is 0. The molecule has 1 heterocycles. The van der Waals surface area contributed by atoms with Gasteiger partial charge in [-0.05, 0) is 125 Å². The number of hydrogen-bond acceptors (Lipinski definition) is 7. The van der Waals surface area contributed by atoms with E-state index in [0.29, 0.717) is 29.6 Å². The van der Waals surface area contributed by atoms with Crippen molar-refractivity contribution >= 4 is 0 Å². The maximum absolute atomic E-state index is 11.5. The normalized spacial score (nSPS) is 49.9. The number of hydrogen-bond donors (Lipinski definition) is 5. The predicted octanol–water partition coefficient (Wildman–Crippen LogP) is 4.57. The zero-order chi connectivity index (χ0) is 30.1. The fraction of sp³-hybridized carbons (Fsp3) is 0.941. The van der Waals surface area contributed by atoms with E-state index in [1.165, 1.54) is 12.0 Å². The monoisotopic (exact) mass is 578 g/mol. The molecule has 0 aromatic heterocycles. The second-order valence-electron chi connectivity index (χ2n) is 15.9. The molecule has 4 aliphatic carbocycles. The summed E-state index contributed by atoms with van der Waals surface area (Å²) in [6, 6.07) is 0. The van der Waals surface area contributed by atoms with Crippen LogP contribution in [0.3, 0.4) is 0 Å². The highest BCUT2D eigenvalue weighted by Crippen LogP contribution is 2.67. The van der Waals surface area contributed by atoms with E-state index in [4.69, 9.17) is 9.47 Å². The van der Waals surface area contributed by atoms with Crippen LogP contribution >= 0.6 is 0 Å². The van der Waals surface area contributed by atoms with Crippen molar-refractivity contribution in [2.45, 2.75) is 155 Å². The largest absolute Gasteiger partial charge is 0.393 e. The van der Waals surface area contributed by atoms with Gasteiger partial charge in [-0.1, -0.05) is 39.3 Å². The Morgan fingerprint density at radius 3 is 2.39 bits per heavy atom. The molecule has 4 fully saturated rings. The van der Waals surface area contributed by atoms with Crippen molar-refractivity contribution in [1.29, 1.82) is 0 Å². The highest BCUT2D eigenvalue weighted by molar-refractivity contribution is 5.26. The molecule has 5 N–H and O–H groups in total. The molecule has 0 unspecified atom stereocenters. The van der Waals surface area contributed by atoms with Crippen molar-refractivity contribution in [3.63, 3.8) is 0 Å². The molecule has 0 amide bonds. The highest BCUT2D eigenvalue weighted by atomic mass is 16.7. The molecule has 41 heavy (non-hydrogen) atoms. The molecule has 5 rings (SSSR count). The summed E-state index contributed by atoms with van der Waals surface area (Å²) in [7, 11) is 0. The van der Waals surface area contributed by atoms with Gasteiger partial charge < -0.3 is 35.0 Å². The first-order valence-corrected chi connectivity index (χ1v) is 16.5. The molecule has 236 valence electrons. The van der Waals surface area contributed by atoms with E-state index >= 15 is 0 Å². The topological polar surface area (TPSA) is 120 Å². The summed E-state index contributed by atoms with van der Waals surface area (Å²) in [4.78, 5) is 0. The SMILES string of the molecule is C[C@H](CC[C@H](C)C(C)(C)O)[C@H]1[C@@H](O)C[C@H]2[C@@H]3CC=C4C[C@@H](O[C@H]5O[C@@H](C)[C@H](O)[C@@H](O)[C@@H]5O)CC[C@]4(C)[C@H]3CC[C@]12C. The Bertz CT molecular complexity index is 961. The maximum atomic E-state index is 11.5. The number of ether oxygens (including phenoxy) is 2. The van der Waals surface area contributed by atoms with Gasteiger partial charge in [0.05, 0.1) is 23.9 Å². The molecule has 3 saturated carbocycles. The van der Waals surface area contributed by atoms with Crippen molar-refractivity contribution < 1.29 is 35.0 Å². The first-order chi connectivity index (χ1) is 19.1. The summed E-state index contributed by atoms with van der Waals surface area (Å²) in [6.07, 6.45) is 5.97. The standard InChI is InChI=1S/C34H58O7/c1-18(8-9-19(2)32(4,5)39)27-26(35)17-25-23-11-10-21-16-22(41-31-30(38)29(37)28(36)20(3)40-31)12-14-33(21,6)24(23)13-15-34(25,27)7/h10,18-20,22-31,35-39H,8-9,11-17H2,1-7H3/t18-,19+,20+,22+,23-,24+,25+,26+,27+,28+,29-,30+,31-,33+,34+/m1/s1. The van der Waals surface area contributed by atoms with Crippen molar-refractivity contribution in [3.8, 4) is 0 Å². The molecule has 7 heteroatoms. The molecule has 7 nitrogen and oxygen atoms in total. The molecule has 0 aromatic rings. The van der Waals surface area contributed by atoms with Crippen LogP contribution in [-0.4, -0.2) is 74.0 Å². The van der Waals surface area contributed by atoms with Crippen LogP contribution < -0.4 is 0 Å². The fourth-order valence-electron chi connectivity index (χ4n) is 10.2. The van der Waals surface area contributed by atoms with Crippen LogP contribution in [0.4, 0.5) is 0 Å². The first kappa shape index (κ1) is 31.9. The Morgan fingerprint density at radius 1 is 1.00 bits per heavy atom. The minimum Gasteiger partial charge on any atom is -0.393 e. The molecule has 1 saturated heterocycles. The predicted molar refractivity (Wildman–Crippen MR) is 158 cm³/mol. The van der Waals surface area contributed by atoms with E-state index in [1.54, 1.807) is 6.92 Å². The first-order valence-electron chi connectivity index (χ1n) is 16.5. The van der Waals surface area contributed by atoms with Gasteiger partial charge in [0.2, 0.25) is 0 Å². The lowest BCUT2D eigenvalue weighted by atomic mass is 9.47. The molecular weight excluding hydrogens is 520 g/mol. The van der Waals surface area contributed by atoms with Gasteiger partial charge in [-0.15, -0.1) is 0 Å². The lowest BCUT2D eigenvalue weighted by molar-refractivity contribution is -0.305. The van der Waals surface area contributed by atoms with Gasteiger partial charge >= 0.3 is 0 Å². The van der Waals surface area contributed by atoms with Gasteiger partial charge in [0.25, 0.3) is 0 Å². The van der Waals surface area contributed by atoms with Gasteiger partial charge in [-0.3, -0.25) is 0 Å². The number of allylic oxidation sites excluding steroid dienone is 1. The summed E-state index contributed by atoms with van der Waals surface area (Å²) in [5, 5.41) is 52.7. The van der Waals surface area contributed by atoms with E-state index in [1.807, 2.05) is 13.8 Å². The van der Waals surface area contributed by atoms with Crippen LogP contribution in [-0.2, 0) is 9.47 Å². The Balaban J connectivity index is 1.26. The van der Waals surface area contributed by atoms with Crippen molar-refractivity contribution in [3.05, 3.63) is 11.6 Å². The van der Waals surface area contributed by atoms with Crippen LogP contribution in [0.5, 0.6) is 0 Å². The van der Waals surface area contributed by atoms with E-state index < -0.39 is 36.3 Å². The van der Waals surface area contributed by atoms with Crippen LogP contribution in [0.15, 0.2) is 11.6 Å². The number of aliphatic hydroxyl groups excluding tert-OH is 4. The van der Waals surface area contributed by atoms with Crippen LogP contribution in [0.2, 0.25) is 0 Å². The van der Waals surface area contributed by atoms with E-state index in [2.05, 4.69) is 33.8 Å². The fourth-order valence-corrected chi connectivity index (χ4v) is 10.2. The zero-order valence-corrected chi connectivity index (χ0v) is 26.5. The van der Waals surface area contributed by atoms with Gasteiger partial charge in [-0.2, -0.15) is 0 Å². The highest BCUT2D eigenvalue weighted by Gasteiger charge is 2.61. The molecule has 1 aliphatic heterocycles. The van der Waals surface area contributed by atoms with Crippen molar-refractivity contribution in [1.82, 2.24) is 0 Å². The number of fused-ring (bicyclic) bond motifs is 5. The third-order valence-electron chi connectivity index (χ3n) is 13.2. The molecule has 15 atom stereocenters. The van der Waals surface area contributed by atoms with Crippen molar-refractivity contribution in [2.75, 3.05) is 0 Å². The minimum atomic E-state index is -1.28. The lowest BCUT2D eigenvalue weighted by Gasteiger charge is -2.58. The molecule has 0 spiro atoms. The lowest BCUT2D eigenvalue weighted by Crippen LogP contribution is -2.58. The van der Waals surface area contributed by atoms with E-state index in [0.717, 1.165) is 51.4 Å². The van der Waals surface area contributed by atoms with E-state index in [-0.39, 0.29) is 29.0 Å². The zero-order valence-electron chi connectivity index (χ0n) is 26.5. The average molecular weight is 579 g/mol. The second-order valence-corrected chi connectivity index (χ2v) is 15.9. The molecule has 0 bridgehead atoms. The summed E-state index contributed by atoms with van der Waals surface area (Å²) in [6.45, 7) is 14.9. The number of rotatable bonds is 7. The Morgan fingerprint density at radius 2 is 1.71 bits per heavy atom. The Kier molecular flexibility index (Phi) is 8.89. The minimum absolute atomic E-state index is 0.0844. The van der Waals surface area contributed by atoms with Crippen molar-refractivity contribution in [2.24, 2.45) is 46.3 Å². The second kappa shape index (κ2) is 11.4. The molecule has 5 aliphatic rings. The van der Waals surface area contributed by atoms with Crippen LogP contribution in [0, 0.1) is 46.3 Å². The van der Waals surface area contributed by atoms with Gasteiger partial charge in [0, 0.05) is 0 Å². The smallest absolute Gasteiger partial charge is 0.186 e. The quantitative estimate of drug-likeness (QED) is 0.281. The maximum Gasteiger partial charge on any atom is 0.186 e. The van der Waals surface area contributed by atoms with Crippen LogP contribution in [0.1, 0.15) is 106 Å². The molecule has 0 radical (unpaired) electrons. The van der Waals surface area contributed by atoms with Gasteiger partial charge in [-0.25, -0.2) is 0 Å². The summed E-state index contributed by atoms with van der Waals surface area (Å²) in [5.41, 5.74) is 1.06. The Labute approximate surface area is 247 Å². The van der Waals surface area contributed by atoms with Gasteiger partial charge in [0.15, 0.2) is 6.29 Å². The Hall–Kier alpha value is -0.540. The number of aliphatic hydroxyl groups is 5. The molecular formula is C34H58O7. The van der Waals surface area contributed by atoms with Gasteiger partial charge in [0.1, 0.15) is 18.3 Å². The van der Waals surface area contributed by atoms with E-state index in [9.17, 15) is 25.5 Å². The summed E-state index contributed by atoms with van der Waals surface area (Å²) < 4.78 is 12.0.